The van der Waals surface area contributed by atoms with Gasteiger partial charge in [0.25, 0.3) is 0 Å². The molecule has 222 valence electrons. The molecule has 0 unspecified atom stereocenters. The summed E-state index contributed by atoms with van der Waals surface area (Å²) in [6, 6.07) is 0. The van der Waals surface area contributed by atoms with Gasteiger partial charge in [-0.1, -0.05) is 38.8 Å². The maximum Gasteiger partial charge on any atom is 0.509 e. The van der Waals surface area contributed by atoms with Gasteiger partial charge in [0, 0.05) is 22.7 Å². The third-order valence-electron chi connectivity index (χ3n) is 10.1. The molecule has 0 radical (unpaired) electrons. The predicted molar refractivity (Wildman–Crippen MR) is 141 cm³/mol. The van der Waals surface area contributed by atoms with Crippen LogP contribution in [0.5, 0.6) is 0 Å². The van der Waals surface area contributed by atoms with Crippen molar-refractivity contribution in [2.75, 3.05) is 19.8 Å². The van der Waals surface area contributed by atoms with Crippen LogP contribution in [0.1, 0.15) is 73.1 Å². The molecule has 9 nitrogen and oxygen atoms in total. The Morgan fingerprint density at radius 1 is 1.10 bits per heavy atom. The molecule has 1 N–H and O–H groups in total. The smallest absolute Gasteiger partial charge is 0.435 e. The van der Waals surface area contributed by atoms with Gasteiger partial charge in [-0.2, -0.15) is 0 Å². The van der Waals surface area contributed by atoms with E-state index < -0.39 is 70.7 Å². The van der Waals surface area contributed by atoms with Gasteiger partial charge in [-0.3, -0.25) is 9.59 Å². The highest BCUT2D eigenvalue weighted by Gasteiger charge is 2.77. The zero-order valence-electron chi connectivity index (χ0n) is 24.0. The van der Waals surface area contributed by atoms with Crippen LogP contribution in [0.2, 0.25) is 0 Å². The van der Waals surface area contributed by atoms with Crippen LogP contribution in [-0.4, -0.2) is 66.2 Å². The van der Waals surface area contributed by atoms with E-state index in [1.165, 1.54) is 12.2 Å². The fourth-order valence-corrected chi connectivity index (χ4v) is 8.25. The predicted octanol–water partition coefficient (Wildman–Crippen LogP) is 5.04. The number of carbonyl (C=O) groups excluding carboxylic acids is 4. The van der Waals surface area contributed by atoms with Crippen LogP contribution in [-0.2, 0) is 28.5 Å². The molecular formula is C30H41FO9. The molecule has 0 saturated heterocycles. The Kier molecular flexibility index (Phi) is 8.24. The molecule has 0 bridgehead atoms. The molecule has 0 spiro atoms. The summed E-state index contributed by atoms with van der Waals surface area (Å²) in [4.78, 5) is 51.0. The monoisotopic (exact) mass is 564 g/mol. The number of Topliss-reactive ketones (excluding diaryl/α,β-unsaturated/α-hetero) is 1. The summed E-state index contributed by atoms with van der Waals surface area (Å²) in [5.41, 5.74) is -5.70. The quantitative estimate of drug-likeness (QED) is 0.319. The van der Waals surface area contributed by atoms with Crippen molar-refractivity contribution in [1.29, 1.82) is 0 Å². The van der Waals surface area contributed by atoms with Crippen molar-refractivity contribution >= 4 is 23.9 Å². The van der Waals surface area contributed by atoms with Crippen molar-refractivity contribution in [2.24, 2.45) is 28.6 Å². The molecule has 0 amide bonds. The normalized spacial score (nSPS) is 39.8. The van der Waals surface area contributed by atoms with E-state index in [1.54, 1.807) is 33.8 Å². The van der Waals surface area contributed by atoms with E-state index in [4.69, 9.17) is 18.9 Å². The second-order valence-corrected chi connectivity index (χ2v) is 12.1. The number of ketones is 2. The third kappa shape index (κ3) is 4.37. The summed E-state index contributed by atoms with van der Waals surface area (Å²) >= 11 is 0. The first-order chi connectivity index (χ1) is 18.8. The number of ether oxygens (including phenoxy) is 4. The number of aliphatic hydroxyl groups is 1. The summed E-state index contributed by atoms with van der Waals surface area (Å²) < 4.78 is 38.6. The lowest BCUT2D eigenvalue weighted by Crippen LogP contribution is -2.70. The van der Waals surface area contributed by atoms with Crippen molar-refractivity contribution in [1.82, 2.24) is 0 Å². The summed E-state index contributed by atoms with van der Waals surface area (Å²) in [6.07, 6.45) is 3.13. The minimum Gasteiger partial charge on any atom is -0.435 e. The fourth-order valence-electron chi connectivity index (χ4n) is 8.25. The van der Waals surface area contributed by atoms with Gasteiger partial charge in [-0.25, -0.2) is 14.0 Å². The average Bonchev–Trinajstić information content (AvgIpc) is 3.11. The lowest BCUT2D eigenvalue weighted by molar-refractivity contribution is -0.222. The molecule has 4 rings (SSSR count). The van der Waals surface area contributed by atoms with Gasteiger partial charge in [0.15, 0.2) is 23.7 Å². The van der Waals surface area contributed by atoms with Crippen LogP contribution in [0.4, 0.5) is 14.0 Å². The van der Waals surface area contributed by atoms with Gasteiger partial charge in [-0.15, -0.1) is 0 Å². The Hall–Kier alpha value is -2.75. The summed E-state index contributed by atoms with van der Waals surface area (Å²) in [7, 11) is 0. The van der Waals surface area contributed by atoms with Gasteiger partial charge in [0.05, 0.1) is 19.3 Å². The number of alkyl halides is 1. The summed E-state index contributed by atoms with van der Waals surface area (Å²) in [5, 5.41) is 11.6. The number of aliphatic hydroxyl groups excluding tert-OH is 1. The molecule has 4 aliphatic rings. The highest BCUT2D eigenvalue weighted by molar-refractivity contribution is 6.01. The van der Waals surface area contributed by atoms with Crippen LogP contribution < -0.4 is 0 Å². The number of hydrogen-bond donors (Lipinski definition) is 1. The zero-order valence-corrected chi connectivity index (χ0v) is 24.0. The number of allylic oxidation sites excluding steroid dienone is 4. The van der Waals surface area contributed by atoms with Crippen molar-refractivity contribution in [3.8, 4) is 0 Å². The Morgan fingerprint density at radius 2 is 1.82 bits per heavy atom. The maximum atomic E-state index is 17.5. The van der Waals surface area contributed by atoms with E-state index in [-0.39, 0.29) is 25.4 Å². The third-order valence-corrected chi connectivity index (χ3v) is 10.1. The lowest BCUT2D eigenvalue weighted by atomic mass is 9.44. The molecule has 0 heterocycles. The molecule has 0 aliphatic heterocycles. The van der Waals surface area contributed by atoms with Crippen LogP contribution in [0.25, 0.3) is 0 Å². The van der Waals surface area contributed by atoms with E-state index in [0.29, 0.717) is 31.3 Å². The Morgan fingerprint density at radius 3 is 2.50 bits per heavy atom. The zero-order chi connectivity index (χ0) is 29.5. The minimum atomic E-state index is -2.11. The number of rotatable bonds is 8. The molecular weight excluding hydrogens is 523 g/mol. The molecule has 0 aromatic heterocycles. The number of unbranched alkanes of at least 4 members (excludes halogenated alkanes) is 1. The molecule has 4 aliphatic carbocycles. The standard InChI is InChI=1S/C30H41FO9/c1-6-8-13-38-26(36)40-30(24(34)17-39-25(35)37-7-2)18(3)14-22-21-10-9-19-15-20(32)11-12-27(19,4)29(21,31)23(33)16-28(22,30)5/h11-12,15,18,21-23,33H,6-10,13-14,16-17H2,1-5H3/t18-,21+,22+,23+,27+,28+,29+,30+/m1/s1. The van der Waals surface area contributed by atoms with E-state index in [2.05, 4.69) is 0 Å². The highest BCUT2D eigenvalue weighted by Crippen LogP contribution is 2.71. The van der Waals surface area contributed by atoms with Crippen molar-refractivity contribution in [3.05, 3.63) is 23.8 Å². The van der Waals surface area contributed by atoms with E-state index >= 15 is 4.39 Å². The lowest BCUT2D eigenvalue weighted by Gasteiger charge is -2.62. The highest BCUT2D eigenvalue weighted by atomic mass is 19.1. The topological polar surface area (TPSA) is 125 Å². The molecule has 0 aromatic carbocycles. The SMILES string of the molecule is CCCCOC(=O)O[C@]1(C(=O)COC(=O)OCC)[C@H](C)C[C@H]2[C@@H]3CCC4=CC(=O)C=C[C@]4(C)[C@@]3(F)[C@@H](O)C[C@@]21C. The molecule has 0 aromatic rings. The van der Waals surface area contributed by atoms with Crippen LogP contribution in [0.3, 0.4) is 0 Å². The molecule has 3 fully saturated rings. The number of halogens is 1. The average molecular weight is 565 g/mol. The molecule has 3 saturated carbocycles. The van der Waals surface area contributed by atoms with E-state index in [0.717, 1.165) is 6.42 Å². The van der Waals surface area contributed by atoms with Crippen LogP contribution >= 0.6 is 0 Å². The van der Waals surface area contributed by atoms with Crippen molar-refractivity contribution in [3.63, 3.8) is 0 Å². The minimum absolute atomic E-state index is 0.0519. The maximum absolute atomic E-state index is 17.5. The fraction of sp³-hybridized carbons (Fsp3) is 0.733. The van der Waals surface area contributed by atoms with Crippen LogP contribution in [0, 0.1) is 28.6 Å². The largest absolute Gasteiger partial charge is 0.509 e. The number of fused-ring (bicyclic) bond motifs is 5. The van der Waals surface area contributed by atoms with Gasteiger partial charge < -0.3 is 24.1 Å². The summed E-state index contributed by atoms with van der Waals surface area (Å²) in [5.74, 6) is -2.63. The first kappa shape index (κ1) is 30.2. The van der Waals surface area contributed by atoms with Gasteiger partial charge >= 0.3 is 12.3 Å². The second kappa shape index (κ2) is 10.9. The van der Waals surface area contributed by atoms with E-state index in [9.17, 15) is 24.3 Å². The molecule has 8 atom stereocenters. The summed E-state index contributed by atoms with van der Waals surface area (Å²) in [6.45, 7) is 8.19. The Bertz CT molecular complexity index is 1120. The van der Waals surface area contributed by atoms with Crippen molar-refractivity contribution in [2.45, 2.75) is 90.5 Å². The van der Waals surface area contributed by atoms with Gasteiger partial charge in [0.1, 0.15) is 0 Å². The van der Waals surface area contributed by atoms with Gasteiger partial charge in [-0.05, 0) is 64.0 Å². The first-order valence-electron chi connectivity index (χ1n) is 14.3. The first-order valence-corrected chi connectivity index (χ1v) is 14.3. The van der Waals surface area contributed by atoms with E-state index in [1.807, 2.05) is 6.92 Å². The second-order valence-electron chi connectivity index (χ2n) is 12.1. The number of hydrogen-bond acceptors (Lipinski definition) is 9. The Labute approximate surface area is 234 Å². The molecule has 40 heavy (non-hydrogen) atoms. The van der Waals surface area contributed by atoms with Crippen LogP contribution in [0.15, 0.2) is 23.8 Å². The number of carbonyl (C=O) groups is 4. The Balaban J connectivity index is 1.75. The molecule has 10 heteroatoms. The van der Waals surface area contributed by atoms with Crippen molar-refractivity contribution < 1.29 is 47.6 Å². The van der Waals surface area contributed by atoms with Gasteiger partial charge in [0.2, 0.25) is 5.78 Å².